The summed E-state index contributed by atoms with van der Waals surface area (Å²) < 4.78 is 4.96. The first-order valence-electron chi connectivity index (χ1n) is 8.93. The Morgan fingerprint density at radius 1 is 1.21 bits per heavy atom. The second kappa shape index (κ2) is 6.20. The van der Waals surface area contributed by atoms with Crippen molar-refractivity contribution in [3.8, 4) is 0 Å². The Morgan fingerprint density at radius 2 is 2.07 bits per heavy atom. The number of rotatable bonds is 4. The molecule has 2 aromatic heterocycles. The van der Waals surface area contributed by atoms with E-state index in [9.17, 15) is 9.59 Å². The van der Waals surface area contributed by atoms with E-state index in [0.717, 1.165) is 23.7 Å². The number of benzene rings is 1. The lowest BCUT2D eigenvalue weighted by molar-refractivity contribution is 0.181. The Morgan fingerprint density at radius 3 is 2.82 bits per heavy atom. The third-order valence-electron chi connectivity index (χ3n) is 5.10. The molecule has 1 saturated heterocycles. The third-order valence-corrected chi connectivity index (χ3v) is 5.34. The van der Waals surface area contributed by atoms with E-state index in [1.807, 2.05) is 12.1 Å². The average Bonchev–Trinajstić information content (AvgIpc) is 3.32. The molecule has 2 fully saturated rings. The van der Waals surface area contributed by atoms with Crippen molar-refractivity contribution >= 4 is 40.4 Å². The summed E-state index contributed by atoms with van der Waals surface area (Å²) >= 11 is 6.09. The van der Waals surface area contributed by atoms with E-state index in [4.69, 9.17) is 16.3 Å². The zero-order valence-corrected chi connectivity index (χ0v) is 15.5. The molecule has 0 spiro atoms. The van der Waals surface area contributed by atoms with Crippen LogP contribution in [0.15, 0.2) is 41.3 Å². The number of aromatic amines is 1. The molecule has 0 unspecified atom stereocenters. The normalized spacial score (nSPS) is 17.6. The minimum atomic E-state index is -0.533. The van der Waals surface area contributed by atoms with Crippen molar-refractivity contribution in [2.45, 2.75) is 18.4 Å². The van der Waals surface area contributed by atoms with Gasteiger partial charge in [-0.15, -0.1) is 0 Å². The van der Waals surface area contributed by atoms with Crippen molar-refractivity contribution in [1.29, 1.82) is 0 Å². The molecular formula is C19H16ClN5O3. The van der Waals surface area contributed by atoms with Crippen LogP contribution in [0.4, 0.5) is 16.6 Å². The van der Waals surface area contributed by atoms with Crippen molar-refractivity contribution in [3.63, 3.8) is 0 Å². The summed E-state index contributed by atoms with van der Waals surface area (Å²) in [6.45, 7) is 0.788. The average molecular weight is 398 g/mol. The van der Waals surface area contributed by atoms with Crippen molar-refractivity contribution in [2.24, 2.45) is 0 Å². The number of fused-ring (bicyclic) bond motifs is 1. The standard InChI is InChI=1S/C19H16ClN5O3/c20-12-1-2-14-11(9-12)10-13(16(26)22-14)19(4-5-19)24-17-21-6-3-15(23-17)25-7-8-28-18(25)27/h1-3,6,9-10H,4-5,7-8H2,(H,22,26)(H,21,23,24). The molecule has 0 radical (unpaired) electrons. The summed E-state index contributed by atoms with van der Waals surface area (Å²) in [5.41, 5.74) is 0.671. The van der Waals surface area contributed by atoms with E-state index in [2.05, 4.69) is 20.3 Å². The number of carbonyl (C=O) groups excluding carboxylic acids is 1. The number of hydrogen-bond donors (Lipinski definition) is 2. The van der Waals surface area contributed by atoms with Gasteiger partial charge < -0.3 is 15.0 Å². The Hall–Kier alpha value is -3.13. The summed E-state index contributed by atoms with van der Waals surface area (Å²) in [7, 11) is 0. The number of hydrogen-bond acceptors (Lipinski definition) is 6. The van der Waals surface area contributed by atoms with Crippen molar-refractivity contribution < 1.29 is 9.53 Å². The van der Waals surface area contributed by atoms with Crippen LogP contribution in [0.2, 0.25) is 5.02 Å². The maximum atomic E-state index is 12.7. The molecular weight excluding hydrogens is 382 g/mol. The molecule has 1 aliphatic carbocycles. The maximum Gasteiger partial charge on any atom is 0.415 e. The highest BCUT2D eigenvalue weighted by molar-refractivity contribution is 6.31. The van der Waals surface area contributed by atoms with Crippen LogP contribution in [0.3, 0.4) is 0 Å². The molecule has 8 nitrogen and oxygen atoms in total. The fourth-order valence-electron chi connectivity index (χ4n) is 3.49. The number of ether oxygens (including phenoxy) is 1. The molecule has 1 aliphatic heterocycles. The highest BCUT2D eigenvalue weighted by Gasteiger charge is 2.47. The van der Waals surface area contributed by atoms with Gasteiger partial charge in [0.1, 0.15) is 12.4 Å². The quantitative estimate of drug-likeness (QED) is 0.701. The third kappa shape index (κ3) is 2.86. The SMILES string of the molecule is O=C1OCCN1c1ccnc(NC2(c3cc4cc(Cl)ccc4[nH]c3=O)CC2)n1. The topological polar surface area (TPSA) is 100 Å². The molecule has 0 atom stereocenters. The van der Waals surface area contributed by atoms with E-state index < -0.39 is 11.6 Å². The molecule has 3 heterocycles. The van der Waals surface area contributed by atoms with E-state index >= 15 is 0 Å². The van der Waals surface area contributed by atoms with Gasteiger partial charge in [0.05, 0.1) is 12.1 Å². The van der Waals surface area contributed by atoms with Gasteiger partial charge in [0, 0.05) is 27.7 Å². The fourth-order valence-corrected chi connectivity index (χ4v) is 3.68. The molecule has 1 saturated carbocycles. The van der Waals surface area contributed by atoms with Crippen LogP contribution in [0, 0.1) is 0 Å². The molecule has 1 amide bonds. The zero-order valence-electron chi connectivity index (χ0n) is 14.7. The molecule has 142 valence electrons. The molecule has 5 rings (SSSR count). The van der Waals surface area contributed by atoms with Crippen LogP contribution in [-0.4, -0.2) is 34.2 Å². The van der Waals surface area contributed by atoms with Gasteiger partial charge in [0.2, 0.25) is 5.95 Å². The highest BCUT2D eigenvalue weighted by atomic mass is 35.5. The smallest absolute Gasteiger partial charge is 0.415 e. The number of nitrogens with one attached hydrogen (secondary N) is 2. The van der Waals surface area contributed by atoms with Gasteiger partial charge in [0.25, 0.3) is 5.56 Å². The summed E-state index contributed by atoms with van der Waals surface area (Å²) in [6, 6.07) is 8.87. The van der Waals surface area contributed by atoms with E-state index in [1.54, 1.807) is 24.4 Å². The van der Waals surface area contributed by atoms with E-state index in [0.29, 0.717) is 35.5 Å². The van der Waals surface area contributed by atoms with Crippen molar-refractivity contribution in [1.82, 2.24) is 15.0 Å². The lowest BCUT2D eigenvalue weighted by Gasteiger charge is -2.19. The zero-order chi connectivity index (χ0) is 19.3. The van der Waals surface area contributed by atoms with Crippen LogP contribution in [0.25, 0.3) is 10.9 Å². The number of anilines is 2. The number of aromatic nitrogens is 3. The largest absolute Gasteiger partial charge is 0.447 e. The summed E-state index contributed by atoms with van der Waals surface area (Å²) in [5, 5.41) is 4.76. The Balaban J connectivity index is 1.49. The van der Waals surface area contributed by atoms with E-state index in [1.165, 1.54) is 4.90 Å². The number of H-pyrrole nitrogens is 1. The summed E-state index contributed by atoms with van der Waals surface area (Å²) in [5.74, 6) is 0.829. The van der Waals surface area contributed by atoms with Crippen molar-refractivity contribution in [3.05, 3.63) is 57.5 Å². The number of amides is 1. The summed E-state index contributed by atoms with van der Waals surface area (Å²) in [4.78, 5) is 37.5. The maximum absolute atomic E-state index is 12.7. The molecule has 1 aromatic carbocycles. The first-order chi connectivity index (χ1) is 13.5. The fraction of sp³-hybridized carbons (Fsp3) is 0.263. The van der Waals surface area contributed by atoms with Gasteiger partial charge >= 0.3 is 6.09 Å². The van der Waals surface area contributed by atoms with Gasteiger partial charge in [-0.1, -0.05) is 11.6 Å². The van der Waals surface area contributed by atoms with Gasteiger partial charge in [-0.3, -0.25) is 9.69 Å². The Kier molecular flexibility index (Phi) is 3.77. The molecule has 3 aromatic rings. The van der Waals surface area contributed by atoms with Gasteiger partial charge in [0.15, 0.2) is 0 Å². The van der Waals surface area contributed by atoms with Crippen molar-refractivity contribution in [2.75, 3.05) is 23.4 Å². The number of pyridine rings is 1. The number of nitrogens with zero attached hydrogens (tertiary/aromatic N) is 3. The molecule has 2 N–H and O–H groups in total. The monoisotopic (exact) mass is 397 g/mol. The predicted octanol–water partition coefficient (Wildman–Crippen LogP) is 3.03. The Labute approximate surface area is 164 Å². The first kappa shape index (κ1) is 17.0. The lowest BCUT2D eigenvalue weighted by Crippen LogP contribution is -2.29. The second-order valence-corrected chi connectivity index (χ2v) is 7.39. The minimum absolute atomic E-state index is 0.154. The number of halogens is 1. The molecule has 9 heteroatoms. The van der Waals surface area contributed by atoms with Crippen LogP contribution >= 0.6 is 11.6 Å². The molecule has 28 heavy (non-hydrogen) atoms. The first-order valence-corrected chi connectivity index (χ1v) is 9.30. The predicted molar refractivity (Wildman–Crippen MR) is 105 cm³/mol. The van der Waals surface area contributed by atoms with Gasteiger partial charge in [-0.25, -0.2) is 9.78 Å². The minimum Gasteiger partial charge on any atom is -0.447 e. The number of cyclic esters (lactones) is 1. The van der Waals surface area contributed by atoms with Crippen LogP contribution in [-0.2, 0) is 10.3 Å². The van der Waals surface area contributed by atoms with Crippen LogP contribution in [0.5, 0.6) is 0 Å². The summed E-state index contributed by atoms with van der Waals surface area (Å²) in [6.07, 6.45) is 2.72. The Bertz CT molecular complexity index is 1160. The molecule has 2 aliphatic rings. The second-order valence-electron chi connectivity index (χ2n) is 6.96. The lowest BCUT2D eigenvalue weighted by atomic mass is 10.0. The van der Waals surface area contributed by atoms with Crippen LogP contribution < -0.4 is 15.8 Å². The molecule has 0 bridgehead atoms. The van der Waals surface area contributed by atoms with Crippen LogP contribution in [0.1, 0.15) is 18.4 Å². The van der Waals surface area contributed by atoms with E-state index in [-0.39, 0.29) is 5.56 Å². The van der Waals surface area contributed by atoms with Gasteiger partial charge in [-0.05, 0) is 43.2 Å². The number of carbonyl (C=O) groups is 1. The highest BCUT2D eigenvalue weighted by Crippen LogP contribution is 2.47. The van der Waals surface area contributed by atoms with Gasteiger partial charge in [-0.2, -0.15) is 4.98 Å².